The molecule has 146 valence electrons. The van der Waals surface area contributed by atoms with E-state index in [1.807, 2.05) is 31.2 Å². The fourth-order valence-electron chi connectivity index (χ4n) is 2.58. The first kappa shape index (κ1) is 22.5. The summed E-state index contributed by atoms with van der Waals surface area (Å²) in [6.07, 6.45) is 8.50. The third-order valence-corrected chi connectivity index (χ3v) is 4.26. The third kappa shape index (κ3) is 11.9. The predicted molar refractivity (Wildman–Crippen MR) is 104 cm³/mol. The van der Waals surface area contributed by atoms with Crippen LogP contribution in [0.4, 0.5) is 0 Å². The Bertz CT molecular complexity index is 530. The highest BCUT2D eigenvalue weighted by molar-refractivity contribution is 6.30. The summed E-state index contributed by atoms with van der Waals surface area (Å²) in [6.45, 7) is 2.91. The number of benzene rings is 1. The van der Waals surface area contributed by atoms with Crippen LogP contribution in [-0.2, 0) is 25.5 Å². The molecule has 0 bridgehead atoms. The molecule has 1 rings (SSSR count). The second-order valence-corrected chi connectivity index (χ2v) is 6.88. The number of carbonyl (C=O) groups excluding carboxylic acids is 2. The third-order valence-electron chi connectivity index (χ3n) is 4.02. The maximum absolute atomic E-state index is 11.7. The Morgan fingerprint density at radius 2 is 1.46 bits per heavy atom. The van der Waals surface area contributed by atoms with E-state index in [1.54, 1.807) is 0 Å². The molecular formula is C21H31ClO4. The molecule has 1 aromatic rings. The first-order chi connectivity index (χ1) is 12.6. The number of halogens is 1. The molecule has 5 heteroatoms. The van der Waals surface area contributed by atoms with Crippen molar-refractivity contribution in [2.24, 2.45) is 0 Å². The Morgan fingerprint density at radius 3 is 2.04 bits per heavy atom. The summed E-state index contributed by atoms with van der Waals surface area (Å²) in [5.41, 5.74) is 1.07. The Balaban J connectivity index is 1.91. The van der Waals surface area contributed by atoms with Crippen molar-refractivity contribution in [2.75, 3.05) is 13.2 Å². The van der Waals surface area contributed by atoms with Gasteiger partial charge in [-0.3, -0.25) is 9.59 Å². The first-order valence-electron chi connectivity index (χ1n) is 9.67. The van der Waals surface area contributed by atoms with E-state index < -0.39 is 0 Å². The SMILES string of the molecule is CCCOC(=O)CCCCCCCCC(=O)OCCc1cccc(Cl)c1. The van der Waals surface area contributed by atoms with Crippen molar-refractivity contribution < 1.29 is 19.1 Å². The highest BCUT2D eigenvalue weighted by Gasteiger charge is 2.04. The van der Waals surface area contributed by atoms with Crippen LogP contribution in [0, 0.1) is 0 Å². The van der Waals surface area contributed by atoms with E-state index in [2.05, 4.69) is 0 Å². The molecule has 26 heavy (non-hydrogen) atoms. The van der Waals surface area contributed by atoms with E-state index in [0.29, 0.717) is 37.5 Å². The van der Waals surface area contributed by atoms with E-state index in [9.17, 15) is 9.59 Å². The van der Waals surface area contributed by atoms with Crippen LogP contribution in [0.1, 0.15) is 70.3 Å². The van der Waals surface area contributed by atoms with Gasteiger partial charge < -0.3 is 9.47 Å². The Kier molecular flexibility index (Phi) is 12.6. The van der Waals surface area contributed by atoms with E-state index in [1.165, 1.54) is 0 Å². The van der Waals surface area contributed by atoms with Crippen LogP contribution in [-0.4, -0.2) is 25.2 Å². The smallest absolute Gasteiger partial charge is 0.305 e. The van der Waals surface area contributed by atoms with Gasteiger partial charge >= 0.3 is 11.9 Å². The molecule has 1 aromatic carbocycles. The molecule has 0 aliphatic heterocycles. The molecule has 0 saturated heterocycles. The summed E-state index contributed by atoms with van der Waals surface area (Å²) in [6, 6.07) is 7.59. The number of ether oxygens (including phenoxy) is 2. The number of esters is 2. The number of hydrogen-bond donors (Lipinski definition) is 0. The van der Waals surface area contributed by atoms with Crippen molar-refractivity contribution in [1.82, 2.24) is 0 Å². The lowest BCUT2D eigenvalue weighted by molar-refractivity contribution is -0.144. The lowest BCUT2D eigenvalue weighted by atomic mass is 10.1. The largest absolute Gasteiger partial charge is 0.466 e. The van der Waals surface area contributed by atoms with Crippen LogP contribution >= 0.6 is 11.6 Å². The minimum atomic E-state index is -0.134. The van der Waals surface area contributed by atoms with Gasteiger partial charge in [-0.2, -0.15) is 0 Å². The number of hydrogen-bond acceptors (Lipinski definition) is 4. The van der Waals surface area contributed by atoms with Gasteiger partial charge in [-0.15, -0.1) is 0 Å². The van der Waals surface area contributed by atoms with Gasteiger partial charge in [0.25, 0.3) is 0 Å². The van der Waals surface area contributed by atoms with E-state index in [0.717, 1.165) is 50.5 Å². The van der Waals surface area contributed by atoms with E-state index in [4.69, 9.17) is 21.1 Å². The fourth-order valence-corrected chi connectivity index (χ4v) is 2.79. The van der Waals surface area contributed by atoms with Crippen LogP contribution in [0.2, 0.25) is 5.02 Å². The number of rotatable bonds is 14. The predicted octanol–water partition coefficient (Wildman–Crippen LogP) is 5.50. The topological polar surface area (TPSA) is 52.6 Å². The molecule has 4 nitrogen and oxygen atoms in total. The maximum Gasteiger partial charge on any atom is 0.305 e. The standard InChI is InChI=1S/C21H31ClO4/c1-2-15-25-20(23)12-7-5-3-4-6-8-13-21(24)26-16-14-18-10-9-11-19(22)17-18/h9-11,17H,2-8,12-16H2,1H3. The van der Waals surface area contributed by atoms with Gasteiger partial charge in [-0.05, 0) is 37.0 Å². The van der Waals surface area contributed by atoms with Crippen LogP contribution < -0.4 is 0 Å². The molecule has 0 radical (unpaired) electrons. The van der Waals surface area contributed by atoms with Crippen LogP contribution in [0.15, 0.2) is 24.3 Å². The molecule has 0 fully saturated rings. The van der Waals surface area contributed by atoms with Crippen LogP contribution in [0.3, 0.4) is 0 Å². The highest BCUT2D eigenvalue weighted by Crippen LogP contribution is 2.12. The Labute approximate surface area is 162 Å². The van der Waals surface area contributed by atoms with Crippen molar-refractivity contribution in [1.29, 1.82) is 0 Å². The van der Waals surface area contributed by atoms with E-state index in [-0.39, 0.29) is 11.9 Å². The number of unbranched alkanes of at least 4 members (excludes halogenated alkanes) is 5. The van der Waals surface area contributed by atoms with Crippen LogP contribution in [0.5, 0.6) is 0 Å². The zero-order chi connectivity index (χ0) is 19.0. The summed E-state index contributed by atoms with van der Waals surface area (Å²) < 4.78 is 10.3. The van der Waals surface area contributed by atoms with Crippen LogP contribution in [0.25, 0.3) is 0 Å². The lowest BCUT2D eigenvalue weighted by Gasteiger charge is -2.06. The summed E-state index contributed by atoms with van der Waals surface area (Å²) in [5, 5.41) is 0.701. The molecule has 0 amide bonds. The van der Waals surface area contributed by atoms with Gasteiger partial charge in [0.05, 0.1) is 13.2 Å². The average molecular weight is 383 g/mol. The van der Waals surface area contributed by atoms with Gasteiger partial charge in [0.2, 0.25) is 0 Å². The maximum atomic E-state index is 11.7. The van der Waals surface area contributed by atoms with Crippen molar-refractivity contribution in [2.45, 2.75) is 71.1 Å². The minimum Gasteiger partial charge on any atom is -0.466 e. The first-order valence-corrected chi connectivity index (χ1v) is 10.0. The zero-order valence-corrected chi connectivity index (χ0v) is 16.6. The minimum absolute atomic E-state index is 0.0904. The molecular weight excluding hydrogens is 352 g/mol. The van der Waals surface area contributed by atoms with Gasteiger partial charge in [0.1, 0.15) is 0 Å². The fraction of sp³-hybridized carbons (Fsp3) is 0.619. The molecule has 0 unspecified atom stereocenters. The monoisotopic (exact) mass is 382 g/mol. The van der Waals surface area contributed by atoms with Gasteiger partial charge in [0.15, 0.2) is 0 Å². The molecule has 0 heterocycles. The van der Waals surface area contributed by atoms with E-state index >= 15 is 0 Å². The second kappa shape index (κ2) is 14.6. The van der Waals surface area contributed by atoms with Crippen molar-refractivity contribution in [3.63, 3.8) is 0 Å². The molecule has 0 spiro atoms. The number of carbonyl (C=O) groups is 2. The molecule has 0 aliphatic carbocycles. The molecule has 0 N–H and O–H groups in total. The summed E-state index contributed by atoms with van der Waals surface area (Å²) >= 11 is 5.92. The molecule has 0 atom stereocenters. The molecule has 0 aromatic heterocycles. The lowest BCUT2D eigenvalue weighted by Crippen LogP contribution is -2.07. The Hall–Kier alpha value is -1.55. The highest BCUT2D eigenvalue weighted by atomic mass is 35.5. The second-order valence-electron chi connectivity index (χ2n) is 6.44. The molecule has 0 saturated carbocycles. The normalized spacial score (nSPS) is 10.5. The Morgan fingerprint density at radius 1 is 0.885 bits per heavy atom. The molecule has 0 aliphatic rings. The van der Waals surface area contributed by atoms with Crippen molar-refractivity contribution in [3.05, 3.63) is 34.9 Å². The van der Waals surface area contributed by atoms with Gasteiger partial charge in [0, 0.05) is 24.3 Å². The van der Waals surface area contributed by atoms with Crippen molar-refractivity contribution >= 4 is 23.5 Å². The summed E-state index contributed by atoms with van der Waals surface area (Å²) in [5.74, 6) is -0.224. The quantitative estimate of drug-likeness (QED) is 0.315. The summed E-state index contributed by atoms with van der Waals surface area (Å²) in [7, 11) is 0. The summed E-state index contributed by atoms with van der Waals surface area (Å²) in [4.78, 5) is 23.0. The average Bonchev–Trinajstić information content (AvgIpc) is 2.62. The van der Waals surface area contributed by atoms with Gasteiger partial charge in [-0.25, -0.2) is 0 Å². The van der Waals surface area contributed by atoms with Crippen molar-refractivity contribution in [3.8, 4) is 0 Å². The van der Waals surface area contributed by atoms with Gasteiger partial charge in [-0.1, -0.05) is 56.3 Å². The zero-order valence-electron chi connectivity index (χ0n) is 15.8.